The van der Waals surface area contributed by atoms with E-state index in [1.807, 2.05) is 6.07 Å². The van der Waals surface area contributed by atoms with Crippen LogP contribution >= 0.6 is 0 Å². The highest BCUT2D eigenvalue weighted by atomic mass is 19.3. The van der Waals surface area contributed by atoms with Crippen LogP contribution in [-0.4, -0.2) is 13.0 Å². The van der Waals surface area contributed by atoms with Crippen LogP contribution in [0.3, 0.4) is 0 Å². The van der Waals surface area contributed by atoms with Crippen LogP contribution in [0.15, 0.2) is 84.9 Å². The Hall–Kier alpha value is -3.21. The molecule has 0 aliphatic rings. The van der Waals surface area contributed by atoms with Crippen molar-refractivity contribution < 1.29 is 18.3 Å². The average Bonchev–Trinajstić information content (AvgIpc) is 2.73. The summed E-state index contributed by atoms with van der Waals surface area (Å²) in [7, 11) is 1.55. The van der Waals surface area contributed by atoms with Gasteiger partial charge in [0.25, 0.3) is 5.91 Å². The van der Waals surface area contributed by atoms with E-state index in [9.17, 15) is 13.6 Å². The molecule has 0 heterocycles. The number of amides is 1. The van der Waals surface area contributed by atoms with E-state index >= 15 is 0 Å². The molecule has 0 aliphatic heterocycles. The third-order valence-corrected chi connectivity index (χ3v) is 4.28. The summed E-state index contributed by atoms with van der Waals surface area (Å²) in [5.41, 5.74) is 1.04. The van der Waals surface area contributed by atoms with Crippen LogP contribution in [0, 0.1) is 0 Å². The van der Waals surface area contributed by atoms with Gasteiger partial charge >= 0.3 is 5.92 Å². The van der Waals surface area contributed by atoms with Gasteiger partial charge in [0.05, 0.1) is 13.2 Å². The first-order valence-corrected chi connectivity index (χ1v) is 8.45. The molecule has 3 rings (SSSR count). The number of nitrogens with one attached hydrogen (secondary N) is 1. The van der Waals surface area contributed by atoms with Gasteiger partial charge in [-0.15, -0.1) is 0 Å². The molecule has 0 aliphatic carbocycles. The van der Waals surface area contributed by atoms with E-state index in [1.54, 1.807) is 61.7 Å². The van der Waals surface area contributed by atoms with Crippen molar-refractivity contribution in [2.45, 2.75) is 12.0 Å². The topological polar surface area (TPSA) is 38.3 Å². The third kappa shape index (κ3) is 4.14. The Balaban J connectivity index is 1.92. The maximum atomic E-state index is 14.6. The maximum Gasteiger partial charge on any atom is 0.349 e. The molecule has 27 heavy (non-hydrogen) atoms. The number of ether oxygens (including phenoxy) is 1. The molecule has 1 amide bonds. The number of carbonyl (C=O) groups is 1. The van der Waals surface area contributed by atoms with Gasteiger partial charge in [-0.2, -0.15) is 8.78 Å². The predicted molar refractivity (Wildman–Crippen MR) is 99.8 cm³/mol. The SMILES string of the molecule is COc1ccc([C@H](NC(=O)C(F)(F)c2ccccc2)c2ccccc2)cc1. The lowest BCUT2D eigenvalue weighted by molar-refractivity contribution is -0.147. The first-order chi connectivity index (χ1) is 13.0. The molecule has 3 aromatic carbocycles. The van der Waals surface area contributed by atoms with Gasteiger partial charge in [-0.25, -0.2) is 0 Å². The number of hydrogen-bond acceptors (Lipinski definition) is 2. The predicted octanol–water partition coefficient (Wildman–Crippen LogP) is 4.69. The molecule has 0 radical (unpaired) electrons. The monoisotopic (exact) mass is 367 g/mol. The molecule has 0 spiro atoms. The maximum absolute atomic E-state index is 14.6. The van der Waals surface area contributed by atoms with Crippen LogP contribution in [0.25, 0.3) is 0 Å². The number of alkyl halides is 2. The van der Waals surface area contributed by atoms with E-state index in [4.69, 9.17) is 4.74 Å². The zero-order valence-electron chi connectivity index (χ0n) is 14.7. The lowest BCUT2D eigenvalue weighted by atomic mass is 9.97. The van der Waals surface area contributed by atoms with E-state index in [0.717, 1.165) is 0 Å². The van der Waals surface area contributed by atoms with Gasteiger partial charge in [0.1, 0.15) is 5.75 Å². The molecule has 3 nitrogen and oxygen atoms in total. The van der Waals surface area contributed by atoms with E-state index in [1.165, 1.54) is 24.3 Å². The van der Waals surface area contributed by atoms with Crippen LogP contribution < -0.4 is 10.1 Å². The molecule has 0 aromatic heterocycles. The molecule has 1 N–H and O–H groups in total. The van der Waals surface area contributed by atoms with E-state index in [0.29, 0.717) is 16.9 Å². The molecule has 138 valence electrons. The Bertz CT molecular complexity index is 881. The summed E-state index contributed by atoms with van der Waals surface area (Å²) in [5.74, 6) is -4.34. The minimum Gasteiger partial charge on any atom is -0.497 e. The smallest absolute Gasteiger partial charge is 0.349 e. The fourth-order valence-corrected chi connectivity index (χ4v) is 2.80. The highest BCUT2D eigenvalue weighted by molar-refractivity contribution is 5.85. The van der Waals surface area contributed by atoms with Gasteiger partial charge in [0, 0.05) is 5.56 Å². The molecule has 0 fully saturated rings. The van der Waals surface area contributed by atoms with E-state index in [-0.39, 0.29) is 5.56 Å². The van der Waals surface area contributed by atoms with E-state index in [2.05, 4.69) is 5.32 Å². The Labute approximate surface area is 156 Å². The third-order valence-electron chi connectivity index (χ3n) is 4.28. The first kappa shape index (κ1) is 18.6. The summed E-state index contributed by atoms with van der Waals surface area (Å²) in [4.78, 5) is 12.5. The number of methoxy groups -OCH3 is 1. The van der Waals surface area contributed by atoms with Gasteiger partial charge in [-0.3, -0.25) is 4.79 Å². The minimum atomic E-state index is -3.64. The Morgan fingerprint density at radius 3 is 1.93 bits per heavy atom. The number of rotatable bonds is 6. The summed E-state index contributed by atoms with van der Waals surface area (Å²) in [5, 5.41) is 2.50. The van der Waals surface area contributed by atoms with Crippen LogP contribution in [0.1, 0.15) is 22.7 Å². The van der Waals surface area contributed by atoms with Crippen molar-refractivity contribution in [1.82, 2.24) is 5.32 Å². The molecule has 0 bridgehead atoms. The van der Waals surface area contributed by atoms with Crippen LogP contribution in [0.5, 0.6) is 5.75 Å². The summed E-state index contributed by atoms with van der Waals surface area (Å²) in [6.07, 6.45) is 0. The molecule has 5 heteroatoms. The van der Waals surface area contributed by atoms with Crippen LogP contribution in [0.4, 0.5) is 8.78 Å². The molecular formula is C22H19F2NO2. The molecule has 0 saturated carbocycles. The second kappa shape index (κ2) is 7.99. The fourth-order valence-electron chi connectivity index (χ4n) is 2.80. The summed E-state index contributed by atoms with van der Waals surface area (Å²) < 4.78 is 34.4. The van der Waals surface area contributed by atoms with Crippen LogP contribution in [0.2, 0.25) is 0 Å². The van der Waals surface area contributed by atoms with Gasteiger partial charge in [-0.1, -0.05) is 72.8 Å². The van der Waals surface area contributed by atoms with Gasteiger partial charge in [0.2, 0.25) is 0 Å². The average molecular weight is 367 g/mol. The Morgan fingerprint density at radius 1 is 0.852 bits per heavy atom. The standard InChI is InChI=1S/C22H19F2NO2/c1-27-19-14-12-17(13-15-19)20(16-8-4-2-5-9-16)25-21(26)22(23,24)18-10-6-3-7-11-18/h2-15,20H,1H3,(H,25,26)/t20-/m1/s1. The second-order valence-corrected chi connectivity index (χ2v) is 6.03. The molecule has 0 unspecified atom stereocenters. The molecule has 3 aromatic rings. The van der Waals surface area contributed by atoms with Gasteiger partial charge in [0.15, 0.2) is 0 Å². The molecular weight excluding hydrogens is 348 g/mol. The first-order valence-electron chi connectivity index (χ1n) is 8.45. The van der Waals surface area contributed by atoms with Crippen molar-refractivity contribution in [2.24, 2.45) is 0 Å². The molecule has 0 saturated heterocycles. The quantitative estimate of drug-likeness (QED) is 0.686. The van der Waals surface area contributed by atoms with Gasteiger partial charge in [-0.05, 0) is 23.3 Å². The van der Waals surface area contributed by atoms with Crippen molar-refractivity contribution >= 4 is 5.91 Å². The highest BCUT2D eigenvalue weighted by Gasteiger charge is 2.41. The lowest BCUT2D eigenvalue weighted by Gasteiger charge is -2.23. The Kier molecular flexibility index (Phi) is 5.50. The summed E-state index contributed by atoms with van der Waals surface area (Å²) in [6.45, 7) is 0. The zero-order valence-corrected chi connectivity index (χ0v) is 14.7. The van der Waals surface area contributed by atoms with Crippen molar-refractivity contribution in [3.05, 3.63) is 102 Å². The number of carbonyl (C=O) groups excluding carboxylic acids is 1. The van der Waals surface area contributed by atoms with Crippen LogP contribution in [-0.2, 0) is 10.7 Å². The largest absolute Gasteiger partial charge is 0.497 e. The number of hydrogen-bond donors (Lipinski definition) is 1. The number of halogens is 2. The fraction of sp³-hybridized carbons (Fsp3) is 0.136. The van der Waals surface area contributed by atoms with Gasteiger partial charge < -0.3 is 10.1 Å². The van der Waals surface area contributed by atoms with E-state index < -0.39 is 17.9 Å². The number of benzene rings is 3. The Morgan fingerprint density at radius 2 is 1.37 bits per heavy atom. The zero-order chi connectivity index (χ0) is 19.3. The van der Waals surface area contributed by atoms with Crippen molar-refractivity contribution in [3.8, 4) is 5.75 Å². The highest BCUT2D eigenvalue weighted by Crippen LogP contribution is 2.31. The summed E-state index contributed by atoms with van der Waals surface area (Å²) in [6, 6.07) is 22.3. The van der Waals surface area contributed by atoms with Crippen molar-refractivity contribution in [2.75, 3.05) is 7.11 Å². The lowest BCUT2D eigenvalue weighted by Crippen LogP contribution is -2.40. The second-order valence-electron chi connectivity index (χ2n) is 6.03. The molecule has 1 atom stereocenters. The van der Waals surface area contributed by atoms with Crippen molar-refractivity contribution in [1.29, 1.82) is 0 Å². The normalized spacial score (nSPS) is 12.3. The van der Waals surface area contributed by atoms with Crippen molar-refractivity contribution in [3.63, 3.8) is 0 Å². The minimum absolute atomic E-state index is 0.343. The summed E-state index contributed by atoms with van der Waals surface area (Å²) >= 11 is 0.